The highest BCUT2D eigenvalue weighted by Crippen LogP contribution is 2.31. The van der Waals surface area contributed by atoms with Gasteiger partial charge in [0.05, 0.1) is 39.1 Å². The number of carbonyl (C=O) groups is 1. The Kier molecular flexibility index (Phi) is 5.58. The van der Waals surface area contributed by atoms with Gasteiger partial charge in [-0.15, -0.1) is 0 Å². The molecule has 0 unspecified atom stereocenters. The molecule has 6 nitrogen and oxygen atoms in total. The smallest absolute Gasteiger partial charge is 0.258 e. The Balaban J connectivity index is 2.05. The van der Waals surface area contributed by atoms with E-state index in [4.69, 9.17) is 33.8 Å². The summed E-state index contributed by atoms with van der Waals surface area (Å²) in [6.45, 7) is 0.355. The predicted molar refractivity (Wildman–Crippen MR) is 105 cm³/mol. The number of fused-ring (bicyclic) bond motifs is 1. The highest BCUT2D eigenvalue weighted by atomic mass is 35.5. The van der Waals surface area contributed by atoms with Crippen molar-refractivity contribution in [2.75, 3.05) is 17.9 Å². The number of nitrogens with two attached hydrogens (primary N) is 1. The maximum atomic E-state index is 12.7. The Morgan fingerprint density at radius 1 is 1.19 bits per heavy atom. The SMILES string of the molecule is COCc1cnc2c(NC(=O)c3c(Cl)cccc3Cl)cccc2c1NN. The molecule has 8 heteroatoms. The van der Waals surface area contributed by atoms with Crippen LogP contribution < -0.4 is 16.6 Å². The van der Waals surface area contributed by atoms with Gasteiger partial charge in [-0.1, -0.05) is 41.4 Å². The highest BCUT2D eigenvalue weighted by Gasteiger charge is 2.17. The van der Waals surface area contributed by atoms with Crippen molar-refractivity contribution in [1.82, 2.24) is 4.98 Å². The number of benzene rings is 2. The zero-order valence-electron chi connectivity index (χ0n) is 13.8. The van der Waals surface area contributed by atoms with Crippen molar-refractivity contribution in [3.63, 3.8) is 0 Å². The van der Waals surface area contributed by atoms with Gasteiger partial charge in [0, 0.05) is 24.3 Å². The van der Waals surface area contributed by atoms with Crippen molar-refractivity contribution in [3.8, 4) is 0 Å². The maximum absolute atomic E-state index is 12.7. The van der Waals surface area contributed by atoms with Crippen molar-refractivity contribution in [2.24, 2.45) is 5.84 Å². The molecule has 1 amide bonds. The number of hydrogen-bond acceptors (Lipinski definition) is 5. The van der Waals surface area contributed by atoms with Crippen LogP contribution >= 0.6 is 23.2 Å². The first-order chi connectivity index (χ1) is 12.6. The van der Waals surface area contributed by atoms with Gasteiger partial charge in [-0.25, -0.2) is 0 Å². The third-order valence-corrected chi connectivity index (χ3v) is 4.49. The fourth-order valence-corrected chi connectivity index (χ4v) is 3.27. The second kappa shape index (κ2) is 7.88. The van der Waals surface area contributed by atoms with Crippen LogP contribution in [0, 0.1) is 0 Å². The van der Waals surface area contributed by atoms with E-state index in [0.29, 0.717) is 23.5 Å². The van der Waals surface area contributed by atoms with E-state index in [1.54, 1.807) is 43.6 Å². The molecule has 0 aliphatic rings. The summed E-state index contributed by atoms with van der Waals surface area (Å²) in [5.41, 5.74) is 5.48. The zero-order chi connectivity index (χ0) is 18.7. The number of nitrogen functional groups attached to an aromatic ring is 1. The predicted octanol–water partition coefficient (Wildman–Crippen LogP) is 4.23. The number of anilines is 2. The molecule has 2 aromatic carbocycles. The number of nitrogens with zero attached hydrogens (tertiary/aromatic N) is 1. The maximum Gasteiger partial charge on any atom is 0.258 e. The summed E-state index contributed by atoms with van der Waals surface area (Å²) >= 11 is 12.2. The number of pyridine rings is 1. The Bertz CT molecular complexity index is 959. The summed E-state index contributed by atoms with van der Waals surface area (Å²) < 4.78 is 5.16. The van der Waals surface area contributed by atoms with E-state index in [0.717, 1.165) is 10.9 Å². The summed E-state index contributed by atoms with van der Waals surface area (Å²) in [5.74, 6) is 5.26. The molecule has 26 heavy (non-hydrogen) atoms. The number of ether oxygens (including phenoxy) is 1. The lowest BCUT2D eigenvalue weighted by Gasteiger charge is -2.14. The average molecular weight is 391 g/mol. The second-order valence-electron chi connectivity index (χ2n) is 5.49. The van der Waals surface area contributed by atoms with Crippen LogP contribution in [-0.4, -0.2) is 18.0 Å². The number of para-hydroxylation sites is 1. The first-order valence-corrected chi connectivity index (χ1v) is 8.44. The highest BCUT2D eigenvalue weighted by molar-refractivity contribution is 6.40. The number of carbonyl (C=O) groups excluding carboxylic acids is 1. The first-order valence-electron chi connectivity index (χ1n) is 7.68. The molecule has 0 aliphatic carbocycles. The monoisotopic (exact) mass is 390 g/mol. The van der Waals surface area contributed by atoms with Crippen molar-refractivity contribution in [3.05, 3.63) is 63.8 Å². The third-order valence-electron chi connectivity index (χ3n) is 3.86. The second-order valence-corrected chi connectivity index (χ2v) is 6.30. The number of methoxy groups -OCH3 is 1. The first kappa shape index (κ1) is 18.4. The average Bonchev–Trinajstić information content (AvgIpc) is 2.62. The van der Waals surface area contributed by atoms with E-state index < -0.39 is 5.91 Å². The molecule has 3 aromatic rings. The van der Waals surface area contributed by atoms with Crippen LogP contribution in [0.25, 0.3) is 10.9 Å². The fraction of sp³-hybridized carbons (Fsp3) is 0.111. The van der Waals surface area contributed by atoms with Gasteiger partial charge in [0.2, 0.25) is 0 Å². The van der Waals surface area contributed by atoms with E-state index in [2.05, 4.69) is 15.7 Å². The summed E-state index contributed by atoms with van der Waals surface area (Å²) in [4.78, 5) is 17.1. The van der Waals surface area contributed by atoms with Crippen molar-refractivity contribution in [2.45, 2.75) is 6.61 Å². The molecule has 4 N–H and O–H groups in total. The van der Waals surface area contributed by atoms with Crippen LogP contribution in [0.15, 0.2) is 42.6 Å². The standard InChI is InChI=1S/C18H16Cl2N4O2/c1-26-9-10-8-22-17-11(16(10)24-21)4-2-7-14(17)23-18(25)15-12(19)5-3-6-13(15)20/h2-8H,9,21H2,1H3,(H,22,24)(H,23,25). The minimum absolute atomic E-state index is 0.209. The molecule has 0 bridgehead atoms. The lowest BCUT2D eigenvalue weighted by atomic mass is 10.1. The molecule has 0 atom stereocenters. The van der Waals surface area contributed by atoms with Gasteiger partial charge in [0.1, 0.15) is 0 Å². The summed E-state index contributed by atoms with van der Waals surface area (Å²) in [5, 5.41) is 4.12. The molecule has 0 fully saturated rings. The largest absolute Gasteiger partial charge is 0.380 e. The third kappa shape index (κ3) is 3.45. The van der Waals surface area contributed by atoms with Crippen LogP contribution in [0.2, 0.25) is 10.0 Å². The zero-order valence-corrected chi connectivity index (χ0v) is 15.4. The molecule has 0 aliphatic heterocycles. The summed E-state index contributed by atoms with van der Waals surface area (Å²) in [6.07, 6.45) is 1.65. The molecular weight excluding hydrogens is 375 g/mol. The van der Waals surface area contributed by atoms with E-state index in [1.165, 1.54) is 0 Å². The molecule has 134 valence electrons. The molecule has 1 heterocycles. The number of halogens is 2. The van der Waals surface area contributed by atoms with Crippen molar-refractivity contribution < 1.29 is 9.53 Å². The summed E-state index contributed by atoms with van der Waals surface area (Å²) in [7, 11) is 1.59. The minimum atomic E-state index is -0.418. The Morgan fingerprint density at radius 2 is 1.88 bits per heavy atom. The Hall–Kier alpha value is -2.38. The van der Waals surface area contributed by atoms with Gasteiger partial charge < -0.3 is 15.5 Å². The van der Waals surface area contributed by atoms with Crippen LogP contribution in [0.1, 0.15) is 15.9 Å². The van der Waals surface area contributed by atoms with Crippen LogP contribution in [-0.2, 0) is 11.3 Å². The van der Waals surface area contributed by atoms with E-state index in [1.807, 2.05) is 6.07 Å². The van der Waals surface area contributed by atoms with Gasteiger partial charge in [-0.2, -0.15) is 0 Å². The Morgan fingerprint density at radius 3 is 2.54 bits per heavy atom. The van der Waals surface area contributed by atoms with Gasteiger partial charge >= 0.3 is 0 Å². The lowest BCUT2D eigenvalue weighted by molar-refractivity contribution is 0.102. The molecule has 1 aromatic heterocycles. The van der Waals surface area contributed by atoms with E-state index >= 15 is 0 Å². The molecule has 0 saturated carbocycles. The molecule has 3 rings (SSSR count). The normalized spacial score (nSPS) is 10.8. The molecular formula is C18H16Cl2N4O2. The molecule has 0 spiro atoms. The van der Waals surface area contributed by atoms with E-state index in [-0.39, 0.29) is 15.6 Å². The molecule has 0 saturated heterocycles. The number of amides is 1. The van der Waals surface area contributed by atoms with Crippen LogP contribution in [0.3, 0.4) is 0 Å². The number of rotatable bonds is 5. The van der Waals surface area contributed by atoms with Gasteiger partial charge in [-0.05, 0) is 18.2 Å². The lowest BCUT2D eigenvalue weighted by Crippen LogP contribution is -2.14. The van der Waals surface area contributed by atoms with E-state index in [9.17, 15) is 4.79 Å². The topological polar surface area (TPSA) is 89.3 Å². The van der Waals surface area contributed by atoms with Gasteiger partial charge in [-0.3, -0.25) is 15.6 Å². The fourth-order valence-electron chi connectivity index (χ4n) is 2.70. The van der Waals surface area contributed by atoms with Crippen LogP contribution in [0.5, 0.6) is 0 Å². The summed E-state index contributed by atoms with van der Waals surface area (Å²) in [6, 6.07) is 10.3. The number of hydrogen-bond donors (Lipinski definition) is 3. The van der Waals surface area contributed by atoms with Crippen LogP contribution in [0.4, 0.5) is 11.4 Å². The molecule has 0 radical (unpaired) electrons. The Labute approximate surface area is 160 Å². The number of nitrogens with one attached hydrogen (secondary N) is 2. The number of aromatic nitrogens is 1. The number of hydrazine groups is 1. The van der Waals surface area contributed by atoms with Gasteiger partial charge in [0.25, 0.3) is 5.91 Å². The van der Waals surface area contributed by atoms with Crippen molar-refractivity contribution >= 4 is 51.4 Å². The minimum Gasteiger partial charge on any atom is -0.380 e. The quantitative estimate of drug-likeness (QED) is 0.448. The van der Waals surface area contributed by atoms with Crippen molar-refractivity contribution in [1.29, 1.82) is 0 Å². The van der Waals surface area contributed by atoms with Gasteiger partial charge in [0.15, 0.2) is 0 Å².